The first-order valence-electron chi connectivity index (χ1n) is 2.72. The third-order valence-electron chi connectivity index (χ3n) is 1.04. The normalized spacial score (nSPS) is 9.64. The fourth-order valence-corrected chi connectivity index (χ4v) is 1.32. The van der Waals surface area contributed by atoms with Crippen LogP contribution < -0.4 is 5.73 Å². The molecule has 0 spiro atoms. The molecule has 0 saturated carbocycles. The quantitative estimate of drug-likeness (QED) is 0.804. The van der Waals surface area contributed by atoms with Crippen molar-refractivity contribution in [2.24, 2.45) is 5.73 Å². The van der Waals surface area contributed by atoms with Crippen molar-refractivity contribution in [2.45, 2.75) is 0 Å². The van der Waals surface area contributed by atoms with Crippen LogP contribution in [0.5, 0.6) is 0 Å². The number of hydrogen-bond donors (Lipinski definition) is 1. The van der Waals surface area contributed by atoms with Gasteiger partial charge in [0.2, 0.25) is 0 Å². The number of halogens is 2. The van der Waals surface area contributed by atoms with Crippen molar-refractivity contribution in [2.75, 3.05) is 0 Å². The van der Waals surface area contributed by atoms with Crippen LogP contribution in [0, 0.1) is 0 Å². The first-order valence-corrected chi connectivity index (χ1v) is 3.89. The van der Waals surface area contributed by atoms with Gasteiger partial charge in [-0.05, 0) is 22.0 Å². The van der Waals surface area contributed by atoms with E-state index in [-0.39, 0.29) is 10.7 Å². The number of aromatic nitrogens is 1. The van der Waals surface area contributed by atoms with Crippen LogP contribution in [-0.4, -0.2) is 10.9 Å². The van der Waals surface area contributed by atoms with Gasteiger partial charge in [-0.3, -0.25) is 4.79 Å². The third kappa shape index (κ3) is 1.91. The fourth-order valence-electron chi connectivity index (χ4n) is 0.596. The smallest absolute Gasteiger partial charge is 0.268 e. The van der Waals surface area contributed by atoms with Gasteiger partial charge in [0, 0.05) is 10.7 Å². The van der Waals surface area contributed by atoms with Gasteiger partial charge in [0.15, 0.2) is 0 Å². The highest BCUT2D eigenvalue weighted by Crippen LogP contribution is 2.17. The first-order chi connectivity index (χ1) is 5.11. The number of carbonyl (C=O) groups is 1. The molecule has 0 bridgehead atoms. The summed E-state index contributed by atoms with van der Waals surface area (Å²) in [5.74, 6) is -0.623. The van der Waals surface area contributed by atoms with E-state index in [4.69, 9.17) is 17.3 Å². The predicted octanol–water partition coefficient (Wildman–Crippen LogP) is 1.60. The summed E-state index contributed by atoms with van der Waals surface area (Å²) in [6.45, 7) is 0. The maximum Gasteiger partial charge on any atom is 0.268 e. The van der Waals surface area contributed by atoms with Crippen LogP contribution in [0.25, 0.3) is 0 Å². The van der Waals surface area contributed by atoms with Crippen LogP contribution in [0.3, 0.4) is 0 Å². The first kappa shape index (κ1) is 8.49. The van der Waals surface area contributed by atoms with E-state index >= 15 is 0 Å². The summed E-state index contributed by atoms with van der Waals surface area (Å²) in [6.07, 6.45) is 1.46. The lowest BCUT2D eigenvalue weighted by atomic mass is 10.3. The molecule has 5 heteroatoms. The van der Waals surface area contributed by atoms with Crippen molar-refractivity contribution in [1.82, 2.24) is 4.98 Å². The van der Waals surface area contributed by atoms with Crippen molar-refractivity contribution in [3.05, 3.63) is 27.5 Å². The van der Waals surface area contributed by atoms with Gasteiger partial charge in [0.05, 0.1) is 5.02 Å². The molecule has 0 unspecified atom stereocenters. The fraction of sp³-hybridized carbons (Fsp3) is 0. The minimum atomic E-state index is -0.623. The Morgan fingerprint density at radius 3 is 2.82 bits per heavy atom. The van der Waals surface area contributed by atoms with Crippen LogP contribution in [0.1, 0.15) is 10.5 Å². The maximum absolute atomic E-state index is 10.6. The van der Waals surface area contributed by atoms with Gasteiger partial charge >= 0.3 is 0 Å². The Morgan fingerprint density at radius 1 is 1.73 bits per heavy atom. The van der Waals surface area contributed by atoms with Crippen molar-refractivity contribution in [1.29, 1.82) is 0 Å². The van der Waals surface area contributed by atoms with E-state index in [1.54, 1.807) is 6.07 Å². The Bertz CT molecular complexity index is 303. The second-order valence-corrected chi connectivity index (χ2v) is 3.17. The highest BCUT2D eigenvalue weighted by atomic mass is 79.9. The van der Waals surface area contributed by atoms with E-state index in [9.17, 15) is 4.79 Å². The average Bonchev–Trinajstić information content (AvgIpc) is 1.85. The molecule has 0 saturated heterocycles. The number of nitrogens with two attached hydrogens (primary N) is 1. The molecule has 1 aromatic heterocycles. The molecule has 0 aliphatic rings. The largest absolute Gasteiger partial charge is 0.364 e. The van der Waals surface area contributed by atoms with Crippen LogP contribution >= 0.6 is 27.5 Å². The van der Waals surface area contributed by atoms with Crippen molar-refractivity contribution in [3.63, 3.8) is 0 Å². The zero-order valence-corrected chi connectivity index (χ0v) is 7.69. The number of hydrogen-bond acceptors (Lipinski definition) is 2. The van der Waals surface area contributed by atoms with Gasteiger partial charge in [-0.1, -0.05) is 11.6 Å². The molecule has 2 N–H and O–H groups in total. The summed E-state index contributed by atoms with van der Waals surface area (Å²) in [6, 6.07) is 1.56. The van der Waals surface area contributed by atoms with E-state index in [0.717, 1.165) is 0 Å². The molecule has 1 rings (SSSR count). The van der Waals surface area contributed by atoms with Crippen molar-refractivity contribution < 1.29 is 4.79 Å². The number of amides is 1. The molecule has 58 valence electrons. The Balaban J connectivity index is 3.20. The number of pyridine rings is 1. The van der Waals surface area contributed by atoms with Crippen LogP contribution in [-0.2, 0) is 0 Å². The number of carbonyl (C=O) groups excluding carboxylic acids is 1. The molecular weight excluding hydrogens is 231 g/mol. The van der Waals surface area contributed by atoms with Crippen molar-refractivity contribution >= 4 is 33.4 Å². The van der Waals surface area contributed by atoms with Gasteiger partial charge in [-0.15, -0.1) is 0 Å². The SMILES string of the molecule is NC(=O)c1ncc(Br)cc1Cl. The topological polar surface area (TPSA) is 56.0 Å². The van der Waals surface area contributed by atoms with Gasteiger partial charge < -0.3 is 5.73 Å². The maximum atomic E-state index is 10.6. The summed E-state index contributed by atoms with van der Waals surface area (Å²) in [7, 11) is 0. The van der Waals surface area contributed by atoms with E-state index < -0.39 is 5.91 Å². The predicted molar refractivity (Wildman–Crippen MR) is 45.5 cm³/mol. The van der Waals surface area contributed by atoms with Gasteiger partial charge in [0.1, 0.15) is 5.69 Å². The number of primary amides is 1. The Labute approximate surface area is 76.7 Å². The standard InChI is InChI=1S/C6H4BrClN2O/c7-3-1-4(8)5(6(9)11)10-2-3/h1-2H,(H2,9,11). The number of nitrogens with zero attached hydrogens (tertiary/aromatic N) is 1. The highest BCUT2D eigenvalue weighted by Gasteiger charge is 2.07. The minimum Gasteiger partial charge on any atom is -0.364 e. The minimum absolute atomic E-state index is 0.0925. The molecule has 1 heterocycles. The molecule has 1 aromatic rings. The Hall–Kier alpha value is -0.610. The van der Waals surface area contributed by atoms with Gasteiger partial charge in [0.25, 0.3) is 5.91 Å². The highest BCUT2D eigenvalue weighted by molar-refractivity contribution is 9.10. The van der Waals surface area contributed by atoms with Gasteiger partial charge in [-0.25, -0.2) is 4.98 Å². The average molecular weight is 235 g/mol. The lowest BCUT2D eigenvalue weighted by molar-refractivity contribution is 0.0996. The zero-order chi connectivity index (χ0) is 8.43. The van der Waals surface area contributed by atoms with Crippen molar-refractivity contribution in [3.8, 4) is 0 Å². The van der Waals surface area contributed by atoms with E-state index in [1.807, 2.05) is 0 Å². The molecular formula is C6H4BrClN2O. The van der Waals surface area contributed by atoms with Crippen LogP contribution in [0.2, 0.25) is 5.02 Å². The Kier molecular flexibility index (Phi) is 2.46. The van der Waals surface area contributed by atoms with Crippen LogP contribution in [0.15, 0.2) is 16.7 Å². The molecule has 0 radical (unpaired) electrons. The summed E-state index contributed by atoms with van der Waals surface area (Å²) < 4.78 is 0.715. The number of rotatable bonds is 1. The molecule has 0 aliphatic carbocycles. The summed E-state index contributed by atoms with van der Waals surface area (Å²) >= 11 is 8.78. The lowest BCUT2D eigenvalue weighted by Gasteiger charge is -1.97. The van der Waals surface area contributed by atoms with E-state index in [2.05, 4.69) is 20.9 Å². The molecule has 11 heavy (non-hydrogen) atoms. The molecule has 0 aromatic carbocycles. The zero-order valence-electron chi connectivity index (χ0n) is 5.34. The summed E-state index contributed by atoms with van der Waals surface area (Å²) in [4.78, 5) is 14.3. The monoisotopic (exact) mass is 234 g/mol. The second-order valence-electron chi connectivity index (χ2n) is 1.85. The Morgan fingerprint density at radius 2 is 2.36 bits per heavy atom. The van der Waals surface area contributed by atoms with Gasteiger partial charge in [-0.2, -0.15) is 0 Å². The van der Waals surface area contributed by atoms with Crippen LogP contribution in [0.4, 0.5) is 0 Å². The molecule has 0 aliphatic heterocycles. The van der Waals surface area contributed by atoms with E-state index in [0.29, 0.717) is 4.47 Å². The molecule has 0 atom stereocenters. The van der Waals surface area contributed by atoms with E-state index in [1.165, 1.54) is 6.20 Å². The molecule has 1 amide bonds. The summed E-state index contributed by atoms with van der Waals surface area (Å²) in [5, 5.41) is 0.256. The summed E-state index contributed by atoms with van der Waals surface area (Å²) in [5.41, 5.74) is 5.06. The lowest BCUT2D eigenvalue weighted by Crippen LogP contribution is -2.13. The molecule has 3 nitrogen and oxygen atoms in total. The molecule has 0 fully saturated rings. The second kappa shape index (κ2) is 3.19. The third-order valence-corrected chi connectivity index (χ3v) is 1.76.